The predicted octanol–water partition coefficient (Wildman–Crippen LogP) is 1.63. The Hall–Kier alpha value is -2.05. The highest BCUT2D eigenvalue weighted by Gasteiger charge is 2.72. The van der Waals surface area contributed by atoms with Crippen LogP contribution in [0, 0.1) is 28.1 Å². The lowest BCUT2D eigenvalue weighted by molar-refractivity contribution is 0.414. The number of rotatable bonds is 4. The molecule has 0 bridgehead atoms. The van der Waals surface area contributed by atoms with Gasteiger partial charge in [-0.1, -0.05) is 19.1 Å². The summed E-state index contributed by atoms with van der Waals surface area (Å²) in [6.45, 7) is 1.53. The van der Waals surface area contributed by atoms with Gasteiger partial charge in [0.25, 0.3) is 0 Å². The van der Waals surface area contributed by atoms with E-state index in [-0.39, 0.29) is 5.75 Å². The van der Waals surface area contributed by atoms with Crippen LogP contribution in [0.1, 0.15) is 18.4 Å². The first kappa shape index (κ1) is 14.4. The van der Waals surface area contributed by atoms with E-state index in [1.165, 1.54) is 14.0 Å². The third kappa shape index (κ3) is 1.93. The van der Waals surface area contributed by atoms with E-state index >= 15 is 0 Å². The average molecular weight is 290 g/mol. The highest BCUT2D eigenvalue weighted by Crippen LogP contribution is 2.62. The van der Waals surface area contributed by atoms with E-state index in [0.29, 0.717) is 11.3 Å². The van der Waals surface area contributed by atoms with Crippen LogP contribution in [0.25, 0.3) is 0 Å². The fourth-order valence-electron chi connectivity index (χ4n) is 2.57. The van der Waals surface area contributed by atoms with E-state index in [9.17, 15) is 18.9 Å². The molecule has 0 N–H and O–H groups in total. The fourth-order valence-corrected chi connectivity index (χ4v) is 4.45. The van der Waals surface area contributed by atoms with Crippen molar-refractivity contribution < 1.29 is 13.2 Å². The highest BCUT2D eigenvalue weighted by atomic mass is 32.2. The first-order valence-corrected chi connectivity index (χ1v) is 7.86. The van der Waals surface area contributed by atoms with E-state index < -0.39 is 26.4 Å². The van der Waals surface area contributed by atoms with Crippen molar-refractivity contribution in [2.24, 2.45) is 5.41 Å². The van der Waals surface area contributed by atoms with Crippen LogP contribution >= 0.6 is 0 Å². The van der Waals surface area contributed by atoms with Crippen molar-refractivity contribution in [3.8, 4) is 17.9 Å². The second-order valence-corrected chi connectivity index (χ2v) is 7.13. The standard InChI is InChI=1S/C14H14N2O3S/c1-3-20(17,18)13-12(14(13,8-15)9-16)10-4-6-11(19-2)7-5-10/h4-7,12-13H,3H2,1-2H3/t12-,13-/m0/s1. The van der Waals surface area contributed by atoms with Crippen molar-refractivity contribution in [3.05, 3.63) is 29.8 Å². The monoisotopic (exact) mass is 290 g/mol. The molecule has 2 atom stereocenters. The van der Waals surface area contributed by atoms with Gasteiger partial charge in [-0.05, 0) is 17.7 Å². The Morgan fingerprint density at radius 1 is 1.25 bits per heavy atom. The summed E-state index contributed by atoms with van der Waals surface area (Å²) >= 11 is 0. The first-order chi connectivity index (χ1) is 9.46. The second kappa shape index (κ2) is 4.81. The maximum atomic E-state index is 12.1. The minimum Gasteiger partial charge on any atom is -0.497 e. The molecule has 0 amide bonds. The van der Waals surface area contributed by atoms with Crippen molar-refractivity contribution in [1.82, 2.24) is 0 Å². The summed E-state index contributed by atoms with van der Waals surface area (Å²) in [5.41, 5.74) is -0.792. The number of nitrogens with zero attached hydrogens (tertiary/aromatic N) is 2. The fraction of sp³-hybridized carbons (Fsp3) is 0.429. The van der Waals surface area contributed by atoms with Crippen molar-refractivity contribution in [1.29, 1.82) is 10.5 Å². The van der Waals surface area contributed by atoms with Gasteiger partial charge in [0.1, 0.15) is 11.0 Å². The lowest BCUT2D eigenvalue weighted by atomic mass is 10.0. The molecule has 1 fully saturated rings. The van der Waals surface area contributed by atoms with Gasteiger partial charge in [0.05, 0.1) is 19.2 Å². The zero-order valence-corrected chi connectivity index (χ0v) is 12.0. The Kier molecular flexibility index (Phi) is 3.45. The molecular weight excluding hydrogens is 276 g/mol. The molecule has 0 radical (unpaired) electrons. The van der Waals surface area contributed by atoms with E-state index in [1.54, 1.807) is 24.3 Å². The molecule has 0 aliphatic heterocycles. The average Bonchev–Trinajstić information content (AvgIpc) is 3.18. The first-order valence-electron chi connectivity index (χ1n) is 6.15. The van der Waals surface area contributed by atoms with Crippen LogP contribution in [-0.4, -0.2) is 26.5 Å². The second-order valence-electron chi connectivity index (χ2n) is 4.72. The van der Waals surface area contributed by atoms with Crippen molar-refractivity contribution in [2.75, 3.05) is 12.9 Å². The number of benzene rings is 1. The van der Waals surface area contributed by atoms with Crippen LogP contribution < -0.4 is 4.74 Å². The molecule has 20 heavy (non-hydrogen) atoms. The van der Waals surface area contributed by atoms with Gasteiger partial charge in [0.15, 0.2) is 15.3 Å². The van der Waals surface area contributed by atoms with Crippen molar-refractivity contribution in [2.45, 2.75) is 18.1 Å². The Morgan fingerprint density at radius 2 is 1.80 bits per heavy atom. The summed E-state index contributed by atoms with van der Waals surface area (Å²) < 4.78 is 29.2. The van der Waals surface area contributed by atoms with Gasteiger partial charge in [0.2, 0.25) is 0 Å². The van der Waals surface area contributed by atoms with Crippen molar-refractivity contribution >= 4 is 9.84 Å². The quantitative estimate of drug-likeness (QED) is 0.840. The van der Waals surface area contributed by atoms with Gasteiger partial charge in [-0.2, -0.15) is 10.5 Å². The zero-order valence-electron chi connectivity index (χ0n) is 11.2. The van der Waals surface area contributed by atoms with E-state index in [0.717, 1.165) is 0 Å². The topological polar surface area (TPSA) is 90.9 Å². The number of hydrogen-bond donors (Lipinski definition) is 0. The van der Waals surface area contributed by atoms with Gasteiger partial charge in [-0.3, -0.25) is 0 Å². The normalized spacial score (nSPS) is 23.4. The number of sulfone groups is 1. The lowest BCUT2D eigenvalue weighted by Crippen LogP contribution is -2.15. The molecule has 5 nitrogen and oxygen atoms in total. The Labute approximate surface area is 118 Å². The molecule has 0 unspecified atom stereocenters. The minimum atomic E-state index is -3.45. The number of methoxy groups -OCH3 is 1. The molecular formula is C14H14N2O3S. The molecule has 0 saturated heterocycles. The molecule has 1 saturated carbocycles. The molecule has 0 heterocycles. The summed E-state index contributed by atoms with van der Waals surface area (Å²) in [4.78, 5) is 0. The van der Waals surface area contributed by atoms with Crippen LogP contribution in [0.2, 0.25) is 0 Å². The largest absolute Gasteiger partial charge is 0.497 e. The van der Waals surface area contributed by atoms with E-state index in [1.807, 2.05) is 12.1 Å². The predicted molar refractivity (Wildman–Crippen MR) is 72.6 cm³/mol. The van der Waals surface area contributed by atoms with E-state index in [4.69, 9.17) is 4.74 Å². The summed E-state index contributed by atoms with van der Waals surface area (Å²) in [5, 5.41) is 17.6. The summed E-state index contributed by atoms with van der Waals surface area (Å²) in [7, 11) is -1.91. The third-order valence-electron chi connectivity index (χ3n) is 3.77. The van der Waals surface area contributed by atoms with Crippen molar-refractivity contribution in [3.63, 3.8) is 0 Å². The molecule has 1 aromatic carbocycles. The number of ether oxygens (including phenoxy) is 1. The van der Waals surface area contributed by atoms with E-state index in [2.05, 4.69) is 0 Å². The zero-order chi connectivity index (χ0) is 15.0. The summed E-state index contributed by atoms with van der Waals surface area (Å²) in [6.07, 6.45) is 0. The molecule has 6 heteroatoms. The summed E-state index contributed by atoms with van der Waals surface area (Å²) in [6, 6.07) is 10.6. The SMILES string of the molecule is CCS(=O)(=O)[C@H]1[C@H](c2ccc(OC)cc2)C1(C#N)C#N. The Morgan fingerprint density at radius 3 is 2.20 bits per heavy atom. The molecule has 0 aromatic heterocycles. The van der Waals surface area contributed by atoms with Gasteiger partial charge >= 0.3 is 0 Å². The highest BCUT2D eigenvalue weighted by molar-refractivity contribution is 7.92. The van der Waals surface area contributed by atoms with Crippen LogP contribution in [-0.2, 0) is 9.84 Å². The van der Waals surface area contributed by atoms with Crippen LogP contribution in [0.4, 0.5) is 0 Å². The van der Waals surface area contributed by atoms with Gasteiger partial charge < -0.3 is 4.74 Å². The molecule has 104 valence electrons. The Balaban J connectivity index is 2.45. The summed E-state index contributed by atoms with van der Waals surface area (Å²) in [5.74, 6) is -0.0210. The molecule has 1 aromatic rings. The van der Waals surface area contributed by atoms with Crippen LogP contribution in [0.15, 0.2) is 24.3 Å². The maximum Gasteiger partial charge on any atom is 0.169 e. The molecule has 1 aliphatic rings. The van der Waals surface area contributed by atoms with Gasteiger partial charge in [-0.15, -0.1) is 0 Å². The number of hydrogen-bond acceptors (Lipinski definition) is 5. The Bertz CT molecular complexity index is 681. The van der Waals surface area contributed by atoms with Crippen LogP contribution in [0.5, 0.6) is 5.75 Å². The van der Waals surface area contributed by atoms with Gasteiger partial charge in [-0.25, -0.2) is 8.42 Å². The third-order valence-corrected chi connectivity index (χ3v) is 5.99. The maximum absolute atomic E-state index is 12.1. The lowest BCUT2D eigenvalue weighted by Gasteiger charge is -2.02. The van der Waals surface area contributed by atoms with Gasteiger partial charge in [0, 0.05) is 11.7 Å². The molecule has 1 aliphatic carbocycles. The molecule has 0 spiro atoms. The smallest absolute Gasteiger partial charge is 0.169 e. The number of nitriles is 2. The minimum absolute atomic E-state index is 0.0740. The van der Waals surface area contributed by atoms with Crippen LogP contribution in [0.3, 0.4) is 0 Å². The molecule has 2 rings (SSSR count).